The summed E-state index contributed by atoms with van der Waals surface area (Å²) >= 11 is 0. The molecule has 0 aromatic heterocycles. The molecule has 1 saturated carbocycles. The van der Waals surface area contributed by atoms with E-state index in [2.05, 4.69) is 10.2 Å². The fourth-order valence-electron chi connectivity index (χ4n) is 3.17. The molecule has 2 fully saturated rings. The molecule has 2 rings (SSSR count). The lowest BCUT2D eigenvalue weighted by atomic mass is 10.2. The standard InChI is InChI=1S/C14H26N4O2/c15-13(19)11-18(12-3-1-2-4-12)8-5-14(20)17-9-6-16-7-10-17/h12,16H,1-11H2,(H2,15,19). The van der Waals surface area contributed by atoms with Gasteiger partial charge in [0, 0.05) is 45.2 Å². The van der Waals surface area contributed by atoms with Crippen LogP contribution in [0.5, 0.6) is 0 Å². The summed E-state index contributed by atoms with van der Waals surface area (Å²) in [6.45, 7) is 4.25. The topological polar surface area (TPSA) is 78.7 Å². The van der Waals surface area contributed by atoms with Crippen molar-refractivity contribution in [1.82, 2.24) is 15.1 Å². The number of amides is 2. The fourth-order valence-corrected chi connectivity index (χ4v) is 3.17. The van der Waals surface area contributed by atoms with E-state index < -0.39 is 0 Å². The van der Waals surface area contributed by atoms with Crippen LogP contribution in [-0.4, -0.2) is 66.9 Å². The molecule has 0 aromatic rings. The van der Waals surface area contributed by atoms with E-state index in [-0.39, 0.29) is 18.4 Å². The lowest BCUT2D eigenvalue weighted by Gasteiger charge is -2.30. The second kappa shape index (κ2) is 7.59. The van der Waals surface area contributed by atoms with Crippen molar-refractivity contribution >= 4 is 11.8 Å². The molecular weight excluding hydrogens is 256 g/mol. The first-order chi connectivity index (χ1) is 9.66. The third-order valence-corrected chi connectivity index (χ3v) is 4.28. The van der Waals surface area contributed by atoms with Crippen molar-refractivity contribution in [3.8, 4) is 0 Å². The van der Waals surface area contributed by atoms with Crippen LogP contribution in [0.15, 0.2) is 0 Å². The van der Waals surface area contributed by atoms with Crippen LogP contribution in [0.3, 0.4) is 0 Å². The molecule has 6 nitrogen and oxygen atoms in total. The van der Waals surface area contributed by atoms with Crippen LogP contribution < -0.4 is 11.1 Å². The Balaban J connectivity index is 1.80. The first-order valence-electron chi connectivity index (χ1n) is 7.67. The van der Waals surface area contributed by atoms with Crippen LogP contribution in [0.25, 0.3) is 0 Å². The molecule has 0 unspecified atom stereocenters. The summed E-state index contributed by atoms with van der Waals surface area (Å²) in [5, 5.41) is 3.24. The zero-order valence-electron chi connectivity index (χ0n) is 12.1. The molecule has 0 bridgehead atoms. The third-order valence-electron chi connectivity index (χ3n) is 4.28. The van der Waals surface area contributed by atoms with E-state index >= 15 is 0 Å². The normalized spacial score (nSPS) is 20.6. The monoisotopic (exact) mass is 282 g/mol. The van der Waals surface area contributed by atoms with E-state index in [0.717, 1.165) is 39.0 Å². The largest absolute Gasteiger partial charge is 0.369 e. The molecule has 1 saturated heterocycles. The van der Waals surface area contributed by atoms with E-state index in [0.29, 0.717) is 19.0 Å². The SMILES string of the molecule is NC(=O)CN(CCC(=O)N1CCNCC1)C1CCCC1. The molecule has 0 spiro atoms. The zero-order chi connectivity index (χ0) is 14.4. The Morgan fingerprint density at radius 2 is 1.85 bits per heavy atom. The molecule has 114 valence electrons. The van der Waals surface area contributed by atoms with Crippen molar-refractivity contribution in [2.75, 3.05) is 39.3 Å². The van der Waals surface area contributed by atoms with Gasteiger partial charge in [0.2, 0.25) is 11.8 Å². The zero-order valence-corrected chi connectivity index (χ0v) is 12.1. The van der Waals surface area contributed by atoms with E-state index in [9.17, 15) is 9.59 Å². The first kappa shape index (κ1) is 15.3. The Hall–Kier alpha value is -1.14. The number of rotatable bonds is 6. The summed E-state index contributed by atoms with van der Waals surface area (Å²) in [4.78, 5) is 27.4. The Labute approximate surface area is 120 Å². The number of nitrogens with one attached hydrogen (secondary N) is 1. The minimum absolute atomic E-state index is 0.193. The van der Waals surface area contributed by atoms with Crippen molar-refractivity contribution in [1.29, 1.82) is 0 Å². The highest BCUT2D eigenvalue weighted by atomic mass is 16.2. The van der Waals surface area contributed by atoms with Crippen molar-refractivity contribution in [2.45, 2.75) is 38.1 Å². The molecule has 2 amide bonds. The van der Waals surface area contributed by atoms with Crippen LogP contribution in [0.4, 0.5) is 0 Å². The summed E-state index contributed by atoms with van der Waals surface area (Å²) in [5.74, 6) is -0.106. The highest BCUT2D eigenvalue weighted by molar-refractivity contribution is 5.77. The van der Waals surface area contributed by atoms with Crippen LogP contribution in [0.2, 0.25) is 0 Å². The van der Waals surface area contributed by atoms with Gasteiger partial charge in [-0.25, -0.2) is 0 Å². The second-order valence-electron chi connectivity index (χ2n) is 5.76. The van der Waals surface area contributed by atoms with Crippen LogP contribution in [-0.2, 0) is 9.59 Å². The lowest BCUT2D eigenvalue weighted by molar-refractivity contribution is -0.132. The molecule has 20 heavy (non-hydrogen) atoms. The van der Waals surface area contributed by atoms with Crippen LogP contribution in [0.1, 0.15) is 32.1 Å². The maximum absolute atomic E-state index is 12.2. The van der Waals surface area contributed by atoms with Gasteiger partial charge in [-0.15, -0.1) is 0 Å². The molecule has 6 heteroatoms. The molecule has 1 aliphatic carbocycles. The number of hydrogen-bond donors (Lipinski definition) is 2. The molecule has 0 atom stereocenters. The smallest absolute Gasteiger partial charge is 0.231 e. The average molecular weight is 282 g/mol. The molecule has 0 aromatic carbocycles. The van der Waals surface area contributed by atoms with Gasteiger partial charge in [-0.2, -0.15) is 0 Å². The van der Waals surface area contributed by atoms with Gasteiger partial charge in [0.05, 0.1) is 6.54 Å². The van der Waals surface area contributed by atoms with Gasteiger partial charge in [-0.05, 0) is 12.8 Å². The molecule has 1 heterocycles. The van der Waals surface area contributed by atoms with Gasteiger partial charge in [-0.3, -0.25) is 14.5 Å². The summed E-state index contributed by atoms with van der Waals surface area (Å²) in [5.41, 5.74) is 5.33. The van der Waals surface area contributed by atoms with Gasteiger partial charge >= 0.3 is 0 Å². The number of carbonyl (C=O) groups is 2. The Kier molecular flexibility index (Phi) is 5.79. The maximum Gasteiger partial charge on any atom is 0.231 e. The van der Waals surface area contributed by atoms with Crippen molar-refractivity contribution in [3.63, 3.8) is 0 Å². The minimum atomic E-state index is -0.300. The second-order valence-corrected chi connectivity index (χ2v) is 5.76. The van der Waals surface area contributed by atoms with Crippen LogP contribution >= 0.6 is 0 Å². The van der Waals surface area contributed by atoms with E-state index in [1.807, 2.05) is 4.90 Å². The molecule has 2 aliphatic rings. The number of carbonyl (C=O) groups excluding carboxylic acids is 2. The number of hydrogen-bond acceptors (Lipinski definition) is 4. The van der Waals surface area contributed by atoms with Crippen LogP contribution in [0, 0.1) is 0 Å². The van der Waals surface area contributed by atoms with Gasteiger partial charge < -0.3 is 16.0 Å². The van der Waals surface area contributed by atoms with Crippen molar-refractivity contribution in [2.24, 2.45) is 5.73 Å². The minimum Gasteiger partial charge on any atom is -0.369 e. The molecule has 0 radical (unpaired) electrons. The van der Waals surface area contributed by atoms with Gasteiger partial charge in [-0.1, -0.05) is 12.8 Å². The number of nitrogens with zero attached hydrogens (tertiary/aromatic N) is 2. The Morgan fingerprint density at radius 3 is 2.45 bits per heavy atom. The summed E-state index contributed by atoms with van der Waals surface area (Å²) in [7, 11) is 0. The first-order valence-corrected chi connectivity index (χ1v) is 7.67. The predicted octanol–water partition coefficient (Wildman–Crippen LogP) is -0.462. The van der Waals surface area contributed by atoms with Gasteiger partial charge in [0.15, 0.2) is 0 Å². The average Bonchev–Trinajstić information content (AvgIpc) is 2.97. The number of piperazine rings is 1. The molecule has 1 aliphatic heterocycles. The molecule has 3 N–H and O–H groups in total. The highest BCUT2D eigenvalue weighted by Gasteiger charge is 2.25. The fraction of sp³-hybridized carbons (Fsp3) is 0.857. The highest BCUT2D eigenvalue weighted by Crippen LogP contribution is 2.23. The summed E-state index contributed by atoms with van der Waals surface area (Å²) in [6.07, 6.45) is 5.16. The van der Waals surface area contributed by atoms with E-state index in [1.165, 1.54) is 12.8 Å². The maximum atomic E-state index is 12.2. The van der Waals surface area contributed by atoms with Gasteiger partial charge in [0.25, 0.3) is 0 Å². The molecular formula is C14H26N4O2. The Bertz CT molecular complexity index is 336. The van der Waals surface area contributed by atoms with E-state index in [4.69, 9.17) is 5.73 Å². The van der Waals surface area contributed by atoms with Crippen molar-refractivity contribution in [3.05, 3.63) is 0 Å². The predicted molar refractivity (Wildman–Crippen MR) is 77.1 cm³/mol. The number of primary amides is 1. The van der Waals surface area contributed by atoms with Gasteiger partial charge in [0.1, 0.15) is 0 Å². The number of nitrogens with two attached hydrogens (primary N) is 1. The lowest BCUT2D eigenvalue weighted by Crippen LogP contribution is -2.48. The summed E-state index contributed by atoms with van der Waals surface area (Å²) in [6, 6.07) is 0.429. The van der Waals surface area contributed by atoms with Crippen molar-refractivity contribution < 1.29 is 9.59 Å². The summed E-state index contributed by atoms with van der Waals surface area (Å²) < 4.78 is 0. The Morgan fingerprint density at radius 1 is 1.20 bits per heavy atom. The quantitative estimate of drug-likeness (QED) is 0.691. The third kappa shape index (κ3) is 4.45. The van der Waals surface area contributed by atoms with E-state index in [1.54, 1.807) is 0 Å².